The lowest BCUT2D eigenvalue weighted by Crippen LogP contribution is -2.37. The smallest absolute Gasteiger partial charge is 0.406 e. The van der Waals surface area contributed by atoms with E-state index in [1.165, 1.54) is 34.9 Å². The Bertz CT molecular complexity index is 1380. The van der Waals surface area contributed by atoms with E-state index in [9.17, 15) is 22.4 Å². The molecular weight excluding hydrogens is 466 g/mol. The molecule has 1 fully saturated rings. The number of fused-ring (bicyclic) bond motifs is 1. The van der Waals surface area contributed by atoms with Gasteiger partial charge in [0.25, 0.3) is 5.91 Å². The Kier molecular flexibility index (Phi) is 5.75. The van der Waals surface area contributed by atoms with Crippen molar-refractivity contribution in [1.82, 2.24) is 14.5 Å². The average molecular weight is 485 g/mol. The third-order valence-electron chi connectivity index (χ3n) is 5.59. The van der Waals surface area contributed by atoms with Crippen LogP contribution in [-0.2, 0) is 6.54 Å². The highest BCUT2D eigenvalue weighted by atomic mass is 19.4. The molecule has 1 N–H and O–H groups in total. The monoisotopic (exact) mass is 485 g/mol. The van der Waals surface area contributed by atoms with E-state index in [-0.39, 0.29) is 18.0 Å². The Balaban J connectivity index is 1.44. The predicted octanol–water partition coefficient (Wildman–Crippen LogP) is 4.98. The number of pyridine rings is 2. The van der Waals surface area contributed by atoms with Gasteiger partial charge in [0.15, 0.2) is 0 Å². The van der Waals surface area contributed by atoms with Crippen LogP contribution in [0, 0.1) is 5.82 Å². The lowest BCUT2D eigenvalue weighted by atomic mass is 10.2. The number of hydrogen-bond donors (Lipinski definition) is 1. The zero-order valence-corrected chi connectivity index (χ0v) is 18.2. The predicted molar refractivity (Wildman–Crippen MR) is 121 cm³/mol. The van der Waals surface area contributed by atoms with Gasteiger partial charge in [-0.2, -0.15) is 0 Å². The van der Waals surface area contributed by atoms with E-state index in [1.807, 2.05) is 6.07 Å². The first kappa shape index (κ1) is 22.6. The van der Waals surface area contributed by atoms with Crippen LogP contribution in [0.1, 0.15) is 22.5 Å². The first-order chi connectivity index (χ1) is 16.7. The van der Waals surface area contributed by atoms with Crippen molar-refractivity contribution in [3.63, 3.8) is 0 Å². The number of carbonyl (C=O) groups excluding carboxylic acids is 1. The van der Waals surface area contributed by atoms with E-state index in [0.29, 0.717) is 22.3 Å². The molecule has 1 aliphatic rings. The van der Waals surface area contributed by atoms with Gasteiger partial charge in [-0.05, 0) is 48.4 Å². The SMILES string of the molecule is O=C(Nc1ccc(N2CCC2)nc1)c1cc2cc(F)cnc2n1Cc1cccc(OC(F)(F)F)c1. The van der Waals surface area contributed by atoms with Gasteiger partial charge in [-0.15, -0.1) is 13.2 Å². The normalized spacial score (nSPS) is 13.5. The molecule has 0 unspecified atom stereocenters. The summed E-state index contributed by atoms with van der Waals surface area (Å²) in [6.45, 7) is 1.89. The van der Waals surface area contributed by atoms with Gasteiger partial charge in [-0.25, -0.2) is 14.4 Å². The summed E-state index contributed by atoms with van der Waals surface area (Å²) in [5.41, 5.74) is 1.37. The minimum absolute atomic E-state index is 0.00604. The average Bonchev–Trinajstić information content (AvgIpc) is 3.10. The van der Waals surface area contributed by atoms with Crippen LogP contribution in [-0.4, -0.2) is 39.9 Å². The zero-order chi connectivity index (χ0) is 24.6. The summed E-state index contributed by atoms with van der Waals surface area (Å²) >= 11 is 0. The van der Waals surface area contributed by atoms with Crippen LogP contribution in [0.15, 0.2) is 60.9 Å². The molecule has 1 amide bonds. The van der Waals surface area contributed by atoms with Gasteiger partial charge < -0.3 is 19.5 Å². The highest BCUT2D eigenvalue weighted by Crippen LogP contribution is 2.26. The van der Waals surface area contributed by atoms with Gasteiger partial charge in [-0.3, -0.25) is 4.79 Å². The second kappa shape index (κ2) is 8.90. The molecule has 5 rings (SSSR count). The van der Waals surface area contributed by atoms with Crippen LogP contribution in [0.2, 0.25) is 0 Å². The standard InChI is InChI=1S/C24H19F4N5O2/c25-17-10-16-11-20(23(34)31-18-5-6-21(29-13-18)32-7-2-8-32)33(22(16)30-12-17)14-15-3-1-4-19(9-15)35-24(26,27)28/h1,3-6,9-13H,2,7-8,14H2,(H,31,34). The minimum atomic E-state index is -4.83. The van der Waals surface area contributed by atoms with E-state index in [0.717, 1.165) is 31.5 Å². The molecular formula is C24H19F4N5O2. The summed E-state index contributed by atoms with van der Waals surface area (Å²) in [7, 11) is 0. The molecule has 4 heterocycles. The molecule has 0 saturated carbocycles. The molecule has 180 valence electrons. The molecule has 35 heavy (non-hydrogen) atoms. The van der Waals surface area contributed by atoms with Crippen LogP contribution in [0.3, 0.4) is 0 Å². The van der Waals surface area contributed by atoms with Gasteiger partial charge in [0, 0.05) is 25.0 Å². The molecule has 1 aliphatic heterocycles. The minimum Gasteiger partial charge on any atom is -0.406 e. The Morgan fingerprint density at radius 3 is 2.57 bits per heavy atom. The van der Waals surface area contributed by atoms with Crippen LogP contribution >= 0.6 is 0 Å². The number of anilines is 2. The first-order valence-electron chi connectivity index (χ1n) is 10.8. The van der Waals surface area contributed by atoms with Crippen molar-refractivity contribution in [2.24, 2.45) is 0 Å². The van der Waals surface area contributed by atoms with Crippen molar-refractivity contribution in [2.45, 2.75) is 19.3 Å². The zero-order valence-electron chi connectivity index (χ0n) is 18.2. The molecule has 11 heteroatoms. The highest BCUT2D eigenvalue weighted by molar-refractivity contribution is 6.06. The van der Waals surface area contributed by atoms with Crippen LogP contribution < -0.4 is 15.0 Å². The van der Waals surface area contributed by atoms with E-state index in [1.54, 1.807) is 18.3 Å². The lowest BCUT2D eigenvalue weighted by Gasteiger charge is -2.31. The fraction of sp³-hybridized carbons (Fsp3) is 0.208. The fourth-order valence-corrected chi connectivity index (χ4v) is 3.88. The molecule has 1 saturated heterocycles. The van der Waals surface area contributed by atoms with Crippen molar-refractivity contribution in [3.05, 3.63) is 78.0 Å². The number of carbonyl (C=O) groups is 1. The quantitative estimate of drug-likeness (QED) is 0.390. The second-order valence-electron chi connectivity index (χ2n) is 8.08. The number of nitrogens with one attached hydrogen (secondary N) is 1. The maximum Gasteiger partial charge on any atom is 0.573 e. The molecule has 0 radical (unpaired) electrons. The van der Waals surface area contributed by atoms with E-state index in [2.05, 4.69) is 24.9 Å². The summed E-state index contributed by atoms with van der Waals surface area (Å²) in [5, 5.41) is 3.15. The first-order valence-corrected chi connectivity index (χ1v) is 10.8. The number of aromatic nitrogens is 3. The summed E-state index contributed by atoms with van der Waals surface area (Å²) < 4.78 is 57.2. The number of benzene rings is 1. The summed E-state index contributed by atoms with van der Waals surface area (Å²) in [6.07, 6.45) is -1.15. The van der Waals surface area contributed by atoms with Crippen molar-refractivity contribution in [1.29, 1.82) is 0 Å². The Morgan fingerprint density at radius 2 is 1.89 bits per heavy atom. The molecule has 4 aromatic rings. The van der Waals surface area contributed by atoms with Gasteiger partial charge in [-0.1, -0.05) is 12.1 Å². The van der Waals surface area contributed by atoms with Crippen molar-refractivity contribution in [2.75, 3.05) is 23.3 Å². The van der Waals surface area contributed by atoms with Gasteiger partial charge in [0.05, 0.1) is 18.1 Å². The number of alkyl halides is 3. The van der Waals surface area contributed by atoms with Crippen molar-refractivity contribution >= 4 is 28.4 Å². The largest absolute Gasteiger partial charge is 0.573 e. The maximum absolute atomic E-state index is 13.8. The third kappa shape index (κ3) is 5.03. The Labute approximate surface area is 197 Å². The summed E-state index contributed by atoms with van der Waals surface area (Å²) in [6, 6.07) is 11.7. The second-order valence-corrected chi connectivity index (χ2v) is 8.08. The molecule has 0 spiro atoms. The van der Waals surface area contributed by atoms with Crippen LogP contribution in [0.5, 0.6) is 5.75 Å². The van der Waals surface area contributed by atoms with Crippen LogP contribution in [0.4, 0.5) is 29.1 Å². The number of halogens is 4. The molecule has 1 aromatic carbocycles. The fourth-order valence-electron chi connectivity index (χ4n) is 3.88. The number of rotatable bonds is 6. The molecule has 0 aliphatic carbocycles. The van der Waals surface area contributed by atoms with E-state index >= 15 is 0 Å². The molecule has 0 bridgehead atoms. The number of amides is 1. The summed E-state index contributed by atoms with van der Waals surface area (Å²) in [4.78, 5) is 23.7. The van der Waals surface area contributed by atoms with Gasteiger partial charge in [0.2, 0.25) is 0 Å². The lowest BCUT2D eigenvalue weighted by molar-refractivity contribution is -0.274. The Hall–Kier alpha value is -4.15. The number of ether oxygens (including phenoxy) is 1. The van der Waals surface area contributed by atoms with Crippen LogP contribution in [0.25, 0.3) is 11.0 Å². The third-order valence-corrected chi connectivity index (χ3v) is 5.59. The number of hydrogen-bond acceptors (Lipinski definition) is 5. The van der Waals surface area contributed by atoms with Crippen molar-refractivity contribution < 1.29 is 27.1 Å². The highest BCUT2D eigenvalue weighted by Gasteiger charge is 2.31. The van der Waals surface area contributed by atoms with Gasteiger partial charge >= 0.3 is 6.36 Å². The summed E-state index contributed by atoms with van der Waals surface area (Å²) in [5.74, 6) is -0.633. The van der Waals surface area contributed by atoms with Gasteiger partial charge in [0.1, 0.15) is 28.7 Å². The van der Waals surface area contributed by atoms with Crippen molar-refractivity contribution in [3.8, 4) is 5.75 Å². The molecule has 7 nitrogen and oxygen atoms in total. The maximum atomic E-state index is 13.8. The van der Waals surface area contributed by atoms with E-state index in [4.69, 9.17) is 0 Å². The molecule has 0 atom stereocenters. The topological polar surface area (TPSA) is 72.3 Å². The Morgan fingerprint density at radius 1 is 1.06 bits per heavy atom. The molecule has 3 aromatic heterocycles. The van der Waals surface area contributed by atoms with E-state index < -0.39 is 18.1 Å². The number of nitrogens with zero attached hydrogens (tertiary/aromatic N) is 4.